The van der Waals surface area contributed by atoms with Crippen molar-refractivity contribution in [3.63, 3.8) is 0 Å². The lowest BCUT2D eigenvalue weighted by atomic mass is 10.1. The van der Waals surface area contributed by atoms with E-state index >= 15 is 0 Å². The van der Waals surface area contributed by atoms with Crippen molar-refractivity contribution in [3.8, 4) is 23.0 Å². The van der Waals surface area contributed by atoms with Gasteiger partial charge in [0.25, 0.3) is 30.4 Å². The lowest BCUT2D eigenvalue weighted by Crippen LogP contribution is -2.08. The molecular weight excluding hydrogens is 907 g/mol. The first kappa shape index (κ1) is 49.1. The predicted molar refractivity (Wildman–Crippen MR) is 245 cm³/mol. The molecule has 0 amide bonds. The van der Waals surface area contributed by atoms with E-state index in [1.54, 1.807) is 74.7 Å². The Morgan fingerprint density at radius 3 is 1.80 bits per heavy atom. The molecule has 0 aliphatic carbocycles. The number of nitrogen functional groups attached to an aromatic ring is 2. The third kappa shape index (κ3) is 13.1. The molecule has 65 heavy (non-hydrogen) atoms. The van der Waals surface area contributed by atoms with Crippen LogP contribution in [-0.2, 0) is 30.4 Å². The van der Waals surface area contributed by atoms with E-state index in [-0.39, 0.29) is 46.1 Å². The van der Waals surface area contributed by atoms with Gasteiger partial charge in [0.2, 0.25) is 0 Å². The number of nitrogens with zero attached hydrogens (tertiary/aromatic N) is 4. The van der Waals surface area contributed by atoms with Crippen LogP contribution in [-0.4, -0.2) is 70.6 Å². The largest absolute Gasteiger partial charge is 0.505 e. The van der Waals surface area contributed by atoms with Crippen molar-refractivity contribution in [3.05, 3.63) is 108 Å². The van der Waals surface area contributed by atoms with Crippen molar-refractivity contribution in [1.82, 2.24) is 0 Å². The molecule has 23 heteroatoms. The van der Waals surface area contributed by atoms with Crippen LogP contribution in [0.1, 0.15) is 23.1 Å². The monoisotopic (exact) mass is 951 g/mol. The zero-order chi connectivity index (χ0) is 47.9. The van der Waals surface area contributed by atoms with Crippen molar-refractivity contribution < 1.29 is 58.2 Å². The lowest BCUT2D eigenvalue weighted by Gasteiger charge is -2.12. The minimum absolute atomic E-state index is 0.0108. The molecule has 0 aliphatic rings. The molecule has 0 aliphatic heterocycles. The molecule has 9 N–H and O–H groups in total. The van der Waals surface area contributed by atoms with Crippen molar-refractivity contribution in [2.75, 3.05) is 43.4 Å². The van der Waals surface area contributed by atoms with E-state index < -0.39 is 52.4 Å². The van der Waals surface area contributed by atoms with Crippen LogP contribution in [0.15, 0.2) is 121 Å². The molecule has 0 fully saturated rings. The molecule has 0 aromatic heterocycles. The highest BCUT2D eigenvalue weighted by atomic mass is 32.2. The van der Waals surface area contributed by atoms with Gasteiger partial charge in [-0.15, -0.1) is 15.3 Å². The number of nitrogens with one attached hydrogen (secondary N) is 1. The Balaban J connectivity index is 0.000000524. The number of fused-ring (bicyclic) bond motifs is 1. The summed E-state index contributed by atoms with van der Waals surface area (Å²) in [5.41, 5.74) is 15.8. The fourth-order valence-corrected chi connectivity index (χ4v) is 7.73. The highest BCUT2D eigenvalue weighted by Crippen LogP contribution is 2.44. The van der Waals surface area contributed by atoms with Gasteiger partial charge in [-0.25, -0.2) is 0 Å². The van der Waals surface area contributed by atoms with E-state index in [2.05, 4.69) is 25.8 Å². The predicted octanol–water partition coefficient (Wildman–Crippen LogP) is 9.06. The Kier molecular flexibility index (Phi) is 15.3. The zero-order valence-electron chi connectivity index (χ0n) is 35.4. The first-order valence-electron chi connectivity index (χ1n) is 19.0. The minimum Gasteiger partial charge on any atom is -0.505 e. The molecule has 6 rings (SSSR count). The first-order chi connectivity index (χ1) is 30.5. The number of hydrogen-bond donors (Lipinski definition) is 7. The van der Waals surface area contributed by atoms with Gasteiger partial charge in [0.05, 0.1) is 43.6 Å². The van der Waals surface area contributed by atoms with Crippen LogP contribution >= 0.6 is 0 Å². The van der Waals surface area contributed by atoms with Gasteiger partial charge < -0.3 is 36.1 Å². The van der Waals surface area contributed by atoms with E-state index in [1.807, 2.05) is 13.8 Å². The highest BCUT2D eigenvalue weighted by Gasteiger charge is 2.23. The smallest absolute Gasteiger partial charge is 0.296 e. The van der Waals surface area contributed by atoms with Crippen LogP contribution in [0, 0.1) is 20.8 Å². The third-order valence-electron chi connectivity index (χ3n) is 9.40. The molecule has 0 atom stereocenters. The maximum absolute atomic E-state index is 12.5. The summed E-state index contributed by atoms with van der Waals surface area (Å²) in [5, 5.41) is 31.9. The van der Waals surface area contributed by atoms with E-state index in [1.165, 1.54) is 31.4 Å². The van der Waals surface area contributed by atoms with Crippen molar-refractivity contribution in [2.24, 2.45) is 20.5 Å². The van der Waals surface area contributed by atoms with Crippen molar-refractivity contribution >= 4 is 86.6 Å². The maximum Gasteiger partial charge on any atom is 0.296 e. The topological polar surface area (TPSA) is 325 Å². The number of anilines is 4. The molecular formula is C42H45N7O13S3. The van der Waals surface area contributed by atoms with Crippen LogP contribution in [0.2, 0.25) is 0 Å². The molecule has 0 unspecified atom stereocenters. The maximum atomic E-state index is 12.5. The molecule has 0 saturated carbocycles. The Morgan fingerprint density at radius 1 is 0.600 bits per heavy atom. The second-order valence-corrected chi connectivity index (χ2v) is 18.6. The number of ether oxygens (including phenoxy) is 3. The number of hydrogen-bond acceptors (Lipinski definition) is 17. The van der Waals surface area contributed by atoms with Crippen LogP contribution in [0.3, 0.4) is 0 Å². The standard InChI is InChI=1S/C35H36N6O9S2.C7H9NO4S/c1-20-15-29(21(2)14-28(20)36)38-40-31-16-22(3)30(19-32(31)50-12-5-13-51(43,44)45)39-41-34-33(52(46,47)48)18-23-17-25(8-11-27(23)35(34)42)37-24-6-9-26(49-4)10-7-24;1-12-5-2-3-6(8)7(4-5)13(9,10)11/h6-11,14-19,37,42H,5,12-13,36H2,1-4H3,(H,43,44,45)(H,46,47,48);2-4H,8H2,1H3,(H,9,10,11). The van der Waals surface area contributed by atoms with Crippen molar-refractivity contribution in [1.29, 1.82) is 0 Å². The Hall–Kier alpha value is -6.89. The Labute approximate surface area is 374 Å². The molecule has 0 saturated heterocycles. The summed E-state index contributed by atoms with van der Waals surface area (Å²) >= 11 is 0. The summed E-state index contributed by atoms with van der Waals surface area (Å²) in [6, 6.07) is 23.7. The number of nitrogens with two attached hydrogens (primary N) is 2. The minimum atomic E-state index is -4.90. The van der Waals surface area contributed by atoms with Gasteiger partial charge >= 0.3 is 0 Å². The quantitative estimate of drug-likeness (QED) is 0.0218. The Morgan fingerprint density at radius 2 is 1.17 bits per heavy atom. The number of phenols is 1. The fourth-order valence-electron chi connectivity index (χ4n) is 5.96. The SMILES string of the molecule is COc1ccc(N)c(S(=O)(=O)O)c1.COc1ccc(Nc2ccc3c(O)c(N=Nc4cc(OCCCS(=O)(=O)O)c(N=Nc5cc(C)c(N)cc5C)cc4C)c(S(=O)(=O)O)cc3c2)cc1. The van der Waals surface area contributed by atoms with Gasteiger partial charge in [-0.2, -0.15) is 30.4 Å². The van der Waals surface area contributed by atoms with E-state index in [4.69, 9.17) is 34.8 Å². The number of aryl methyl sites for hydroxylation is 3. The Bertz CT molecular complexity index is 3150. The first-order valence-corrected chi connectivity index (χ1v) is 23.5. The molecule has 0 spiro atoms. The van der Waals surface area contributed by atoms with Crippen LogP contribution in [0.4, 0.5) is 45.5 Å². The number of methoxy groups -OCH3 is 2. The normalized spacial score (nSPS) is 12.0. The third-order valence-corrected chi connectivity index (χ3v) is 12.0. The average molecular weight is 952 g/mol. The van der Waals surface area contributed by atoms with Crippen molar-refractivity contribution in [2.45, 2.75) is 37.0 Å². The molecule has 6 aromatic carbocycles. The summed E-state index contributed by atoms with van der Waals surface area (Å²) < 4.78 is 113. The molecule has 20 nitrogen and oxygen atoms in total. The zero-order valence-corrected chi connectivity index (χ0v) is 37.9. The number of benzene rings is 6. The van der Waals surface area contributed by atoms with Gasteiger partial charge in [0.15, 0.2) is 5.75 Å². The molecule has 0 heterocycles. The van der Waals surface area contributed by atoms with Crippen LogP contribution < -0.4 is 31.0 Å². The van der Waals surface area contributed by atoms with Crippen LogP contribution in [0.5, 0.6) is 23.0 Å². The number of rotatable bonds is 15. The molecule has 0 radical (unpaired) electrons. The molecule has 6 aromatic rings. The number of azo groups is 2. The second-order valence-electron chi connectivity index (χ2n) is 14.2. The lowest BCUT2D eigenvalue weighted by molar-refractivity contribution is 0.317. The average Bonchev–Trinajstić information content (AvgIpc) is 3.23. The van der Waals surface area contributed by atoms with Gasteiger partial charge in [0, 0.05) is 34.6 Å². The number of phenolic OH excluding ortho intramolecular Hbond substituents is 1. The summed E-state index contributed by atoms with van der Waals surface area (Å²) in [7, 11) is -10.5. The van der Waals surface area contributed by atoms with E-state index in [0.717, 1.165) is 22.9 Å². The molecule has 344 valence electrons. The molecule has 0 bridgehead atoms. The van der Waals surface area contributed by atoms with Crippen LogP contribution in [0.25, 0.3) is 10.8 Å². The van der Waals surface area contributed by atoms with E-state index in [9.17, 15) is 34.9 Å². The highest BCUT2D eigenvalue weighted by molar-refractivity contribution is 7.86. The second kappa shape index (κ2) is 20.3. The fraction of sp³-hybridized carbons (Fsp3) is 0.190. The van der Waals surface area contributed by atoms with Gasteiger partial charge in [-0.1, -0.05) is 0 Å². The van der Waals surface area contributed by atoms with Gasteiger partial charge in [-0.3, -0.25) is 13.7 Å². The summed E-state index contributed by atoms with van der Waals surface area (Å²) in [6.45, 7) is 5.21. The number of aromatic hydroxyl groups is 1. The summed E-state index contributed by atoms with van der Waals surface area (Å²) in [4.78, 5) is -1.02. The summed E-state index contributed by atoms with van der Waals surface area (Å²) in [6.07, 6.45) is -0.0452. The van der Waals surface area contributed by atoms with E-state index in [0.29, 0.717) is 39.5 Å². The summed E-state index contributed by atoms with van der Waals surface area (Å²) in [5.74, 6) is 0.0398. The van der Waals surface area contributed by atoms with Gasteiger partial charge in [-0.05, 0) is 128 Å². The van der Waals surface area contributed by atoms with Gasteiger partial charge in [0.1, 0.15) is 38.4 Å².